The number of likely N-dealkylation sites (tertiary alicyclic amines) is 1. The second-order valence-electron chi connectivity index (χ2n) is 4.63. The monoisotopic (exact) mass is 225 g/mol. The third-order valence-electron chi connectivity index (χ3n) is 3.16. The van der Waals surface area contributed by atoms with Crippen LogP contribution in [0.3, 0.4) is 0 Å². The molecule has 1 saturated heterocycles. The van der Waals surface area contributed by atoms with Gasteiger partial charge in [-0.1, -0.05) is 13.0 Å². The highest BCUT2D eigenvalue weighted by Gasteiger charge is 2.21. The van der Waals surface area contributed by atoms with Gasteiger partial charge in [0.2, 0.25) is 0 Å². The molecule has 0 radical (unpaired) electrons. The molecule has 1 heterocycles. The molecular weight excluding hydrogens is 202 g/mol. The predicted octanol–water partition coefficient (Wildman–Crippen LogP) is 2.23. The van der Waals surface area contributed by atoms with Crippen molar-refractivity contribution in [2.24, 2.45) is 5.92 Å². The summed E-state index contributed by atoms with van der Waals surface area (Å²) in [6, 6.07) is 0.621. The molecule has 0 aromatic carbocycles. The first-order valence-electron chi connectivity index (χ1n) is 6.20. The fourth-order valence-electron chi connectivity index (χ4n) is 2.20. The van der Waals surface area contributed by atoms with Gasteiger partial charge in [-0.15, -0.1) is 0 Å². The molecule has 0 saturated carbocycles. The Balaban J connectivity index is 2.29. The van der Waals surface area contributed by atoms with Gasteiger partial charge in [-0.25, -0.2) is 4.79 Å². The first-order valence-corrected chi connectivity index (χ1v) is 6.20. The zero-order valence-electron chi connectivity index (χ0n) is 10.6. The van der Waals surface area contributed by atoms with Crippen LogP contribution >= 0.6 is 0 Å². The van der Waals surface area contributed by atoms with Crippen LogP contribution in [0.5, 0.6) is 0 Å². The maximum atomic E-state index is 11.1. The smallest absolute Gasteiger partial charge is 0.330 e. The number of hydrogen-bond acceptors (Lipinski definition) is 3. The lowest BCUT2D eigenvalue weighted by Crippen LogP contribution is -2.40. The van der Waals surface area contributed by atoms with E-state index >= 15 is 0 Å². The topological polar surface area (TPSA) is 29.5 Å². The quantitative estimate of drug-likeness (QED) is 0.543. The van der Waals surface area contributed by atoms with Gasteiger partial charge in [0, 0.05) is 18.7 Å². The van der Waals surface area contributed by atoms with Crippen molar-refractivity contribution in [1.82, 2.24) is 4.90 Å². The normalized spacial score (nSPS) is 27.2. The molecule has 1 aliphatic heterocycles. The Labute approximate surface area is 98.5 Å². The van der Waals surface area contributed by atoms with E-state index in [1.165, 1.54) is 18.9 Å². The van der Waals surface area contributed by atoms with E-state index in [4.69, 9.17) is 4.74 Å². The van der Waals surface area contributed by atoms with E-state index in [9.17, 15) is 4.79 Å². The third kappa shape index (κ3) is 4.35. The molecule has 2 unspecified atom stereocenters. The SMILES string of the molecule is CCOC(=O)/C=C/CN1CCC(C)CC1C. The molecule has 0 bridgehead atoms. The van der Waals surface area contributed by atoms with Gasteiger partial charge in [0.25, 0.3) is 0 Å². The molecule has 3 heteroatoms. The fraction of sp³-hybridized carbons (Fsp3) is 0.769. The van der Waals surface area contributed by atoms with Crippen molar-refractivity contribution in [3.8, 4) is 0 Å². The molecule has 1 fully saturated rings. The van der Waals surface area contributed by atoms with E-state index in [0.717, 1.165) is 19.0 Å². The number of ether oxygens (including phenoxy) is 1. The maximum absolute atomic E-state index is 11.1. The minimum Gasteiger partial charge on any atom is -0.463 e. The van der Waals surface area contributed by atoms with Gasteiger partial charge >= 0.3 is 5.97 Å². The largest absolute Gasteiger partial charge is 0.463 e. The van der Waals surface area contributed by atoms with E-state index < -0.39 is 0 Å². The molecule has 1 rings (SSSR count). The zero-order valence-corrected chi connectivity index (χ0v) is 10.6. The minimum atomic E-state index is -0.236. The molecule has 0 aromatic heterocycles. The highest BCUT2D eigenvalue weighted by atomic mass is 16.5. The van der Waals surface area contributed by atoms with Crippen molar-refractivity contribution in [3.05, 3.63) is 12.2 Å². The highest BCUT2D eigenvalue weighted by Crippen LogP contribution is 2.21. The highest BCUT2D eigenvalue weighted by molar-refractivity contribution is 5.81. The van der Waals surface area contributed by atoms with Gasteiger partial charge in [0.1, 0.15) is 0 Å². The number of carbonyl (C=O) groups is 1. The van der Waals surface area contributed by atoms with Gasteiger partial charge in [-0.05, 0) is 39.2 Å². The number of nitrogens with zero attached hydrogens (tertiary/aromatic N) is 1. The average Bonchev–Trinajstić information content (AvgIpc) is 2.22. The number of esters is 1. The van der Waals surface area contributed by atoms with Crippen LogP contribution in [-0.2, 0) is 9.53 Å². The minimum absolute atomic E-state index is 0.236. The average molecular weight is 225 g/mol. The fourth-order valence-corrected chi connectivity index (χ4v) is 2.20. The summed E-state index contributed by atoms with van der Waals surface area (Å²) in [4.78, 5) is 13.5. The molecule has 3 nitrogen and oxygen atoms in total. The number of hydrogen-bond donors (Lipinski definition) is 0. The van der Waals surface area contributed by atoms with Crippen molar-refractivity contribution in [2.45, 2.75) is 39.7 Å². The van der Waals surface area contributed by atoms with E-state index in [1.807, 2.05) is 13.0 Å². The Morgan fingerprint density at radius 2 is 2.25 bits per heavy atom. The molecule has 92 valence electrons. The summed E-state index contributed by atoms with van der Waals surface area (Å²) in [5, 5.41) is 0. The summed E-state index contributed by atoms with van der Waals surface area (Å²) in [6.45, 7) is 8.82. The van der Waals surface area contributed by atoms with Crippen LogP contribution in [0.25, 0.3) is 0 Å². The Morgan fingerprint density at radius 3 is 2.88 bits per heavy atom. The van der Waals surface area contributed by atoms with Gasteiger partial charge in [-0.3, -0.25) is 4.90 Å². The number of rotatable bonds is 4. The van der Waals surface area contributed by atoms with Gasteiger partial charge in [0.15, 0.2) is 0 Å². The van der Waals surface area contributed by atoms with Crippen molar-refractivity contribution in [1.29, 1.82) is 0 Å². The predicted molar refractivity (Wildman–Crippen MR) is 65.2 cm³/mol. The van der Waals surface area contributed by atoms with Gasteiger partial charge in [-0.2, -0.15) is 0 Å². The molecule has 2 atom stereocenters. The maximum Gasteiger partial charge on any atom is 0.330 e. The lowest BCUT2D eigenvalue weighted by molar-refractivity contribution is -0.137. The third-order valence-corrected chi connectivity index (χ3v) is 3.16. The van der Waals surface area contributed by atoms with Crippen LogP contribution in [0, 0.1) is 5.92 Å². The summed E-state index contributed by atoms with van der Waals surface area (Å²) in [6.07, 6.45) is 5.96. The summed E-state index contributed by atoms with van der Waals surface area (Å²) >= 11 is 0. The van der Waals surface area contributed by atoms with E-state index in [2.05, 4.69) is 18.7 Å². The Morgan fingerprint density at radius 1 is 1.50 bits per heavy atom. The van der Waals surface area contributed by atoms with Crippen molar-refractivity contribution in [2.75, 3.05) is 19.7 Å². The molecular formula is C13H23NO2. The van der Waals surface area contributed by atoms with E-state index in [-0.39, 0.29) is 5.97 Å². The van der Waals surface area contributed by atoms with E-state index in [1.54, 1.807) is 0 Å². The van der Waals surface area contributed by atoms with Gasteiger partial charge in [0.05, 0.1) is 6.61 Å². The standard InChI is InChI=1S/C13H23NO2/c1-4-16-13(15)6-5-8-14-9-7-11(2)10-12(14)3/h5-6,11-12H,4,7-10H2,1-3H3/b6-5+. The van der Waals surface area contributed by atoms with Crippen molar-refractivity contribution in [3.63, 3.8) is 0 Å². The number of piperidine rings is 1. The van der Waals surface area contributed by atoms with Crippen LogP contribution in [0.1, 0.15) is 33.6 Å². The Bertz CT molecular complexity index is 250. The lowest BCUT2D eigenvalue weighted by Gasteiger charge is -2.35. The summed E-state index contributed by atoms with van der Waals surface area (Å²) in [5.41, 5.74) is 0. The summed E-state index contributed by atoms with van der Waals surface area (Å²) in [5.74, 6) is 0.598. The molecule has 0 spiro atoms. The molecule has 0 amide bonds. The molecule has 1 aliphatic rings. The molecule has 0 aliphatic carbocycles. The van der Waals surface area contributed by atoms with Crippen LogP contribution in [0.2, 0.25) is 0 Å². The second kappa shape index (κ2) is 6.69. The summed E-state index contributed by atoms with van der Waals surface area (Å²) < 4.78 is 4.83. The number of carbonyl (C=O) groups excluding carboxylic acids is 1. The van der Waals surface area contributed by atoms with Crippen LogP contribution in [0.4, 0.5) is 0 Å². The van der Waals surface area contributed by atoms with Gasteiger partial charge < -0.3 is 4.74 Å². The van der Waals surface area contributed by atoms with E-state index in [0.29, 0.717) is 12.6 Å². The van der Waals surface area contributed by atoms with Crippen LogP contribution < -0.4 is 0 Å². The Hall–Kier alpha value is -0.830. The van der Waals surface area contributed by atoms with Crippen molar-refractivity contribution < 1.29 is 9.53 Å². The van der Waals surface area contributed by atoms with Crippen LogP contribution in [0.15, 0.2) is 12.2 Å². The van der Waals surface area contributed by atoms with Crippen LogP contribution in [-0.4, -0.2) is 36.6 Å². The molecule has 0 aromatic rings. The first-order chi connectivity index (χ1) is 7.63. The Kier molecular flexibility index (Phi) is 5.53. The second-order valence-corrected chi connectivity index (χ2v) is 4.63. The molecule has 0 N–H and O–H groups in total. The molecule has 16 heavy (non-hydrogen) atoms. The zero-order chi connectivity index (χ0) is 12.0. The lowest BCUT2D eigenvalue weighted by atomic mass is 9.93. The van der Waals surface area contributed by atoms with Crippen molar-refractivity contribution >= 4 is 5.97 Å². The first kappa shape index (κ1) is 13.2. The summed E-state index contributed by atoms with van der Waals surface area (Å²) in [7, 11) is 0.